The first-order valence-electron chi connectivity index (χ1n) is 6.90. The minimum Gasteiger partial charge on any atom is -0.309 e. The van der Waals surface area contributed by atoms with E-state index in [2.05, 4.69) is 20.3 Å². The summed E-state index contributed by atoms with van der Waals surface area (Å²) in [5, 5.41) is 3.94. The molecule has 0 atom stereocenters. The van der Waals surface area contributed by atoms with Crippen LogP contribution < -0.4 is 5.56 Å². The van der Waals surface area contributed by atoms with Crippen LogP contribution in [0.15, 0.2) is 56.3 Å². The molecule has 0 saturated heterocycles. The largest absolute Gasteiger partial charge is 0.309 e. The van der Waals surface area contributed by atoms with Gasteiger partial charge in [-0.15, -0.1) is 22.7 Å². The molecule has 1 N–H and O–H groups in total. The number of H-pyrrole nitrogens is 1. The van der Waals surface area contributed by atoms with Crippen LogP contribution in [0.3, 0.4) is 0 Å². The first-order valence-corrected chi connectivity index (χ1v) is 9.64. The highest BCUT2D eigenvalue weighted by atomic mass is 32.2. The Labute approximate surface area is 144 Å². The van der Waals surface area contributed by atoms with Gasteiger partial charge in [0.25, 0.3) is 5.56 Å². The Balaban J connectivity index is 1.52. The molecule has 4 nitrogen and oxygen atoms in total. The van der Waals surface area contributed by atoms with E-state index in [4.69, 9.17) is 0 Å². The highest BCUT2D eigenvalue weighted by molar-refractivity contribution is 8.00. The van der Waals surface area contributed by atoms with Gasteiger partial charge in [0.1, 0.15) is 10.5 Å². The molecule has 0 saturated carbocycles. The zero-order valence-corrected chi connectivity index (χ0v) is 14.3. The third kappa shape index (κ3) is 3.08. The lowest BCUT2D eigenvalue weighted by atomic mass is 10.2. The maximum Gasteiger partial charge on any atom is 0.268 e. The molecule has 0 amide bonds. The molecule has 0 bridgehead atoms. The lowest BCUT2D eigenvalue weighted by molar-refractivity contribution is 1.04. The number of thiophene rings is 1. The number of benzene rings is 1. The van der Waals surface area contributed by atoms with Crippen LogP contribution in [0.4, 0.5) is 0 Å². The Morgan fingerprint density at radius 3 is 2.83 bits per heavy atom. The van der Waals surface area contributed by atoms with E-state index in [1.165, 1.54) is 11.3 Å². The van der Waals surface area contributed by atoms with Crippen LogP contribution in [-0.4, -0.2) is 15.0 Å². The van der Waals surface area contributed by atoms with Crippen molar-refractivity contribution in [3.63, 3.8) is 0 Å². The summed E-state index contributed by atoms with van der Waals surface area (Å²) in [4.78, 5) is 23.9. The van der Waals surface area contributed by atoms with Gasteiger partial charge in [0.05, 0.1) is 17.0 Å². The van der Waals surface area contributed by atoms with Gasteiger partial charge in [0, 0.05) is 10.9 Å². The molecule has 0 aliphatic heterocycles. The number of hydrogen-bond acceptors (Lipinski definition) is 6. The van der Waals surface area contributed by atoms with Gasteiger partial charge < -0.3 is 4.98 Å². The van der Waals surface area contributed by atoms with Gasteiger partial charge in [-0.3, -0.25) is 4.79 Å². The van der Waals surface area contributed by atoms with Crippen LogP contribution >= 0.6 is 34.4 Å². The highest BCUT2D eigenvalue weighted by Gasteiger charge is 2.08. The van der Waals surface area contributed by atoms with Crippen molar-refractivity contribution in [2.45, 2.75) is 10.1 Å². The fraction of sp³-hybridized carbons (Fsp3) is 0.0625. The summed E-state index contributed by atoms with van der Waals surface area (Å²) in [7, 11) is 0. The van der Waals surface area contributed by atoms with Crippen molar-refractivity contribution < 1.29 is 0 Å². The van der Waals surface area contributed by atoms with Gasteiger partial charge in [0.2, 0.25) is 0 Å². The lowest BCUT2D eigenvalue weighted by Crippen LogP contribution is -2.09. The SMILES string of the molecule is O=c1[nH]c(CSc2nc(-c3ccccc3)cs2)nc2ccsc12. The summed E-state index contributed by atoms with van der Waals surface area (Å²) in [6, 6.07) is 12.0. The Hall–Kier alpha value is -1.96. The van der Waals surface area contributed by atoms with E-state index in [1.54, 1.807) is 23.1 Å². The molecule has 0 unspecified atom stereocenters. The zero-order valence-electron chi connectivity index (χ0n) is 11.9. The number of thioether (sulfide) groups is 1. The number of nitrogens with one attached hydrogen (secondary N) is 1. The molecule has 3 heterocycles. The fourth-order valence-electron chi connectivity index (χ4n) is 2.19. The molecule has 4 rings (SSSR count). The molecule has 0 aliphatic rings. The van der Waals surface area contributed by atoms with E-state index in [9.17, 15) is 4.79 Å². The minimum atomic E-state index is -0.0651. The molecule has 1 aromatic carbocycles. The van der Waals surface area contributed by atoms with E-state index in [0.29, 0.717) is 16.3 Å². The van der Waals surface area contributed by atoms with Crippen LogP contribution in [-0.2, 0) is 5.75 Å². The highest BCUT2D eigenvalue weighted by Crippen LogP contribution is 2.29. The third-order valence-corrected chi connectivity index (χ3v) is 6.18. The van der Waals surface area contributed by atoms with E-state index >= 15 is 0 Å². The van der Waals surface area contributed by atoms with Crippen molar-refractivity contribution in [3.8, 4) is 11.3 Å². The van der Waals surface area contributed by atoms with Crippen molar-refractivity contribution in [2.24, 2.45) is 0 Å². The number of thiazole rings is 1. The van der Waals surface area contributed by atoms with Gasteiger partial charge in [-0.25, -0.2) is 9.97 Å². The standard InChI is InChI=1S/C16H11N3OS3/c20-15-14-11(6-7-21-14)17-13(19-15)9-23-16-18-12(8-22-16)10-4-2-1-3-5-10/h1-8H,9H2,(H,17,19,20). The predicted molar refractivity (Wildman–Crippen MR) is 97.4 cm³/mol. The van der Waals surface area contributed by atoms with Crippen LogP contribution in [0.25, 0.3) is 21.5 Å². The number of fused-ring (bicyclic) bond motifs is 1. The molecule has 0 radical (unpaired) electrons. The van der Waals surface area contributed by atoms with E-state index in [1.807, 2.05) is 41.8 Å². The molecule has 4 aromatic rings. The fourth-order valence-corrected chi connectivity index (χ4v) is 4.62. The summed E-state index contributed by atoms with van der Waals surface area (Å²) in [6.07, 6.45) is 0. The zero-order chi connectivity index (χ0) is 15.6. The summed E-state index contributed by atoms with van der Waals surface area (Å²) in [6.45, 7) is 0. The monoisotopic (exact) mass is 357 g/mol. The first-order chi connectivity index (χ1) is 11.3. The molecule has 7 heteroatoms. The second-order valence-corrected chi connectivity index (χ2v) is 7.80. The number of hydrogen-bond donors (Lipinski definition) is 1. The van der Waals surface area contributed by atoms with Crippen LogP contribution in [0.2, 0.25) is 0 Å². The van der Waals surface area contributed by atoms with E-state index in [-0.39, 0.29) is 5.56 Å². The average molecular weight is 357 g/mol. The Bertz CT molecular complexity index is 1000. The van der Waals surface area contributed by atoms with Crippen molar-refractivity contribution in [1.82, 2.24) is 15.0 Å². The van der Waals surface area contributed by atoms with Gasteiger partial charge in [-0.05, 0) is 11.4 Å². The smallest absolute Gasteiger partial charge is 0.268 e. The van der Waals surface area contributed by atoms with Crippen LogP contribution in [0.5, 0.6) is 0 Å². The Kier molecular flexibility index (Phi) is 3.99. The van der Waals surface area contributed by atoms with Crippen molar-refractivity contribution in [1.29, 1.82) is 0 Å². The molecule has 3 aromatic heterocycles. The minimum absolute atomic E-state index is 0.0651. The van der Waals surface area contributed by atoms with E-state index in [0.717, 1.165) is 21.1 Å². The number of rotatable bonds is 4. The second-order valence-electron chi connectivity index (χ2n) is 4.80. The molecule has 0 spiro atoms. The molecular weight excluding hydrogens is 346 g/mol. The predicted octanol–water partition coefficient (Wildman–Crippen LogP) is 4.40. The Morgan fingerprint density at radius 1 is 1.09 bits per heavy atom. The maximum atomic E-state index is 12.0. The summed E-state index contributed by atoms with van der Waals surface area (Å²) >= 11 is 4.61. The first kappa shape index (κ1) is 14.6. The molecule has 0 aliphatic carbocycles. The van der Waals surface area contributed by atoms with Crippen molar-refractivity contribution in [3.05, 3.63) is 63.3 Å². The van der Waals surface area contributed by atoms with Crippen molar-refractivity contribution in [2.75, 3.05) is 0 Å². The molecular formula is C16H11N3OS3. The quantitative estimate of drug-likeness (QED) is 0.550. The summed E-state index contributed by atoms with van der Waals surface area (Å²) in [5.41, 5.74) is 2.79. The topological polar surface area (TPSA) is 58.6 Å². The molecule has 23 heavy (non-hydrogen) atoms. The summed E-state index contributed by atoms with van der Waals surface area (Å²) < 4.78 is 1.65. The van der Waals surface area contributed by atoms with Crippen molar-refractivity contribution >= 4 is 44.7 Å². The number of aromatic nitrogens is 3. The van der Waals surface area contributed by atoms with Crippen LogP contribution in [0.1, 0.15) is 5.82 Å². The lowest BCUT2D eigenvalue weighted by Gasteiger charge is -1.99. The maximum absolute atomic E-state index is 12.0. The molecule has 114 valence electrons. The number of aromatic amines is 1. The normalized spacial score (nSPS) is 11.1. The van der Waals surface area contributed by atoms with Gasteiger partial charge in [-0.1, -0.05) is 42.1 Å². The average Bonchev–Trinajstić information content (AvgIpc) is 3.23. The molecule has 0 fully saturated rings. The number of nitrogens with zero attached hydrogens (tertiary/aromatic N) is 2. The van der Waals surface area contributed by atoms with E-state index < -0.39 is 0 Å². The van der Waals surface area contributed by atoms with Gasteiger partial charge in [0.15, 0.2) is 4.34 Å². The summed E-state index contributed by atoms with van der Waals surface area (Å²) in [5.74, 6) is 1.28. The van der Waals surface area contributed by atoms with Crippen LogP contribution in [0, 0.1) is 0 Å². The Morgan fingerprint density at radius 2 is 1.96 bits per heavy atom. The van der Waals surface area contributed by atoms with Gasteiger partial charge in [-0.2, -0.15) is 0 Å². The third-order valence-electron chi connectivity index (χ3n) is 3.25. The second kappa shape index (κ2) is 6.27. The van der Waals surface area contributed by atoms with Gasteiger partial charge >= 0.3 is 0 Å².